The molecule has 1 aliphatic rings. The van der Waals surface area contributed by atoms with Crippen molar-refractivity contribution in [3.8, 4) is 5.75 Å². The molecular formula is C33H38N4O6S. The van der Waals surface area contributed by atoms with Crippen LogP contribution in [0, 0.1) is 6.92 Å². The van der Waals surface area contributed by atoms with Crippen molar-refractivity contribution in [2.45, 2.75) is 63.6 Å². The molecule has 3 aromatic carbocycles. The number of hydrogen-bond acceptors (Lipinski definition) is 7. The van der Waals surface area contributed by atoms with E-state index in [-0.39, 0.29) is 42.0 Å². The minimum absolute atomic E-state index is 0.0408. The SMILES string of the molecule is CC(=O)Nc1cccc(CNC(=O)C2N(C(=O)C(O)C(Cc3ccccc3)NC(=O)c3cccc(O)c3C)CSC2(C)C)c1. The number of aliphatic hydroxyl groups is 1. The summed E-state index contributed by atoms with van der Waals surface area (Å²) in [6.45, 7) is 6.93. The maximum absolute atomic E-state index is 13.9. The quantitative estimate of drug-likeness (QED) is 0.234. The molecule has 0 radical (unpaired) electrons. The number of aliphatic hydroxyl groups excluding tert-OH is 1. The van der Waals surface area contributed by atoms with Crippen LogP contribution in [-0.2, 0) is 27.3 Å². The van der Waals surface area contributed by atoms with E-state index in [0.29, 0.717) is 11.3 Å². The molecule has 4 amide bonds. The van der Waals surface area contributed by atoms with Crippen molar-refractivity contribution in [3.63, 3.8) is 0 Å². The number of hydrogen-bond donors (Lipinski definition) is 5. The number of carbonyl (C=O) groups excluding carboxylic acids is 4. The largest absolute Gasteiger partial charge is 0.508 e. The predicted octanol–water partition coefficient (Wildman–Crippen LogP) is 3.36. The zero-order chi connectivity index (χ0) is 32.0. The van der Waals surface area contributed by atoms with Gasteiger partial charge in [0.1, 0.15) is 11.8 Å². The van der Waals surface area contributed by atoms with Crippen LogP contribution in [0.1, 0.15) is 47.8 Å². The van der Waals surface area contributed by atoms with Crippen molar-refractivity contribution in [3.05, 3.63) is 95.1 Å². The van der Waals surface area contributed by atoms with Crippen LogP contribution in [0.3, 0.4) is 0 Å². The molecule has 0 aliphatic carbocycles. The number of thioether (sulfide) groups is 1. The molecular weight excluding hydrogens is 580 g/mol. The third kappa shape index (κ3) is 7.78. The van der Waals surface area contributed by atoms with E-state index >= 15 is 0 Å². The van der Waals surface area contributed by atoms with Gasteiger partial charge in [0, 0.05) is 35.0 Å². The van der Waals surface area contributed by atoms with Crippen LogP contribution >= 0.6 is 11.8 Å². The van der Waals surface area contributed by atoms with Crippen LogP contribution < -0.4 is 16.0 Å². The van der Waals surface area contributed by atoms with Gasteiger partial charge >= 0.3 is 0 Å². The zero-order valence-corrected chi connectivity index (χ0v) is 26.0. The molecule has 44 heavy (non-hydrogen) atoms. The highest BCUT2D eigenvalue weighted by Crippen LogP contribution is 2.40. The summed E-state index contributed by atoms with van der Waals surface area (Å²) < 4.78 is -0.658. The number of anilines is 1. The van der Waals surface area contributed by atoms with Crippen LogP contribution in [0.15, 0.2) is 72.8 Å². The molecule has 3 unspecified atom stereocenters. The Morgan fingerprint density at radius 3 is 2.39 bits per heavy atom. The topological polar surface area (TPSA) is 148 Å². The van der Waals surface area contributed by atoms with Gasteiger partial charge in [0.2, 0.25) is 11.8 Å². The normalized spacial score (nSPS) is 16.9. The summed E-state index contributed by atoms with van der Waals surface area (Å²) >= 11 is 1.42. The number of carbonyl (C=O) groups is 4. The van der Waals surface area contributed by atoms with Gasteiger partial charge in [-0.25, -0.2) is 0 Å². The van der Waals surface area contributed by atoms with Gasteiger partial charge in [-0.3, -0.25) is 19.2 Å². The minimum atomic E-state index is -1.66. The van der Waals surface area contributed by atoms with Crippen molar-refractivity contribution >= 4 is 41.1 Å². The summed E-state index contributed by atoms with van der Waals surface area (Å²) in [5.41, 5.74) is 2.76. The Hall–Kier alpha value is -4.35. The van der Waals surface area contributed by atoms with Gasteiger partial charge in [0.15, 0.2) is 6.10 Å². The van der Waals surface area contributed by atoms with Crippen molar-refractivity contribution < 1.29 is 29.4 Å². The molecule has 0 bridgehead atoms. The fourth-order valence-electron chi connectivity index (χ4n) is 5.23. The zero-order valence-electron chi connectivity index (χ0n) is 25.2. The number of amides is 4. The van der Waals surface area contributed by atoms with E-state index in [1.807, 2.05) is 50.2 Å². The molecule has 11 heteroatoms. The molecule has 0 spiro atoms. The van der Waals surface area contributed by atoms with Gasteiger partial charge in [-0.2, -0.15) is 0 Å². The third-order valence-corrected chi connectivity index (χ3v) is 8.96. The number of benzene rings is 3. The second-order valence-corrected chi connectivity index (χ2v) is 13.0. The highest BCUT2D eigenvalue weighted by molar-refractivity contribution is 8.00. The number of aromatic hydroxyl groups is 1. The first-order valence-electron chi connectivity index (χ1n) is 14.3. The maximum Gasteiger partial charge on any atom is 0.254 e. The maximum atomic E-state index is 13.9. The Labute approximate surface area is 261 Å². The molecule has 3 aromatic rings. The van der Waals surface area contributed by atoms with Crippen LogP contribution in [0.5, 0.6) is 5.75 Å². The van der Waals surface area contributed by atoms with E-state index in [0.717, 1.165) is 11.1 Å². The number of rotatable bonds is 10. The standard InChI is InChI=1S/C33H38N4O6S/c1-20-25(14-9-15-27(20)39)30(41)36-26(17-22-10-6-5-7-11-22)28(40)32(43)37-19-44-33(3,4)29(37)31(42)34-18-23-12-8-13-24(16-23)35-21(2)38/h5-16,26,28-29,39-40H,17-19H2,1-4H3,(H,34,42)(H,35,38)(H,36,41). The fraction of sp³-hybridized carbons (Fsp3) is 0.333. The second kappa shape index (κ2) is 14.0. The van der Waals surface area contributed by atoms with Gasteiger partial charge in [-0.15, -0.1) is 11.8 Å². The summed E-state index contributed by atoms with van der Waals surface area (Å²) in [6, 6.07) is 18.9. The van der Waals surface area contributed by atoms with Gasteiger partial charge in [0.05, 0.1) is 11.9 Å². The van der Waals surface area contributed by atoms with Crippen molar-refractivity contribution in [2.75, 3.05) is 11.2 Å². The molecule has 3 atom stereocenters. The van der Waals surface area contributed by atoms with E-state index in [1.54, 1.807) is 37.3 Å². The van der Waals surface area contributed by atoms with Crippen LogP contribution in [-0.4, -0.2) is 67.6 Å². The lowest BCUT2D eigenvalue weighted by molar-refractivity contribution is -0.147. The van der Waals surface area contributed by atoms with Gasteiger partial charge < -0.3 is 31.1 Å². The molecule has 232 valence electrons. The molecule has 0 saturated carbocycles. The molecule has 0 aromatic heterocycles. The summed E-state index contributed by atoms with van der Waals surface area (Å²) in [6.07, 6.45) is -1.50. The summed E-state index contributed by atoms with van der Waals surface area (Å²) in [5.74, 6) is -1.67. The highest BCUT2D eigenvalue weighted by Gasteiger charge is 2.49. The fourth-order valence-corrected chi connectivity index (χ4v) is 6.37. The predicted molar refractivity (Wildman–Crippen MR) is 170 cm³/mol. The smallest absolute Gasteiger partial charge is 0.254 e. The number of nitrogens with zero attached hydrogens (tertiary/aromatic N) is 1. The molecule has 10 nitrogen and oxygen atoms in total. The summed E-state index contributed by atoms with van der Waals surface area (Å²) in [4.78, 5) is 53.5. The van der Waals surface area contributed by atoms with Crippen molar-refractivity contribution in [1.82, 2.24) is 15.5 Å². The summed E-state index contributed by atoms with van der Waals surface area (Å²) in [5, 5.41) is 30.0. The number of nitrogens with one attached hydrogen (secondary N) is 3. The Morgan fingerprint density at radius 1 is 1.00 bits per heavy atom. The first-order chi connectivity index (χ1) is 20.9. The Balaban J connectivity index is 1.53. The van der Waals surface area contributed by atoms with E-state index in [2.05, 4.69) is 16.0 Å². The first kappa shape index (κ1) is 32.6. The molecule has 5 N–H and O–H groups in total. The molecule has 1 fully saturated rings. The highest BCUT2D eigenvalue weighted by atomic mass is 32.2. The molecule has 1 heterocycles. The monoisotopic (exact) mass is 618 g/mol. The average molecular weight is 619 g/mol. The van der Waals surface area contributed by atoms with Crippen molar-refractivity contribution in [1.29, 1.82) is 0 Å². The number of phenols is 1. The lowest BCUT2D eigenvalue weighted by Crippen LogP contribution is -2.58. The average Bonchev–Trinajstić information content (AvgIpc) is 3.31. The Bertz CT molecular complexity index is 1530. The Morgan fingerprint density at radius 2 is 1.68 bits per heavy atom. The van der Waals surface area contributed by atoms with E-state index in [9.17, 15) is 29.4 Å². The molecule has 1 saturated heterocycles. The number of phenolic OH excluding ortho intramolecular Hbond substituents is 1. The second-order valence-electron chi connectivity index (χ2n) is 11.4. The lowest BCUT2D eigenvalue weighted by Gasteiger charge is -2.33. The van der Waals surface area contributed by atoms with E-state index in [1.165, 1.54) is 29.7 Å². The van der Waals surface area contributed by atoms with E-state index in [4.69, 9.17) is 0 Å². The lowest BCUT2D eigenvalue weighted by atomic mass is 9.96. The minimum Gasteiger partial charge on any atom is -0.508 e. The Kier molecular flexibility index (Phi) is 10.3. The molecule has 4 rings (SSSR count). The van der Waals surface area contributed by atoms with Gasteiger partial charge in [-0.1, -0.05) is 48.5 Å². The van der Waals surface area contributed by atoms with Crippen LogP contribution in [0.2, 0.25) is 0 Å². The first-order valence-corrected chi connectivity index (χ1v) is 15.3. The summed E-state index contributed by atoms with van der Waals surface area (Å²) in [7, 11) is 0. The van der Waals surface area contributed by atoms with Gasteiger partial charge in [0.25, 0.3) is 11.8 Å². The van der Waals surface area contributed by atoms with Gasteiger partial charge in [-0.05, 0) is 62.6 Å². The third-order valence-electron chi connectivity index (χ3n) is 7.59. The van der Waals surface area contributed by atoms with Crippen LogP contribution in [0.25, 0.3) is 0 Å². The van der Waals surface area contributed by atoms with E-state index < -0.39 is 34.7 Å². The van der Waals surface area contributed by atoms with Crippen molar-refractivity contribution in [2.24, 2.45) is 0 Å². The van der Waals surface area contributed by atoms with Crippen LogP contribution in [0.4, 0.5) is 5.69 Å². The molecule has 1 aliphatic heterocycles.